The maximum atomic E-state index is 12.3. The maximum absolute atomic E-state index is 12.3. The molecule has 0 fully saturated rings. The summed E-state index contributed by atoms with van der Waals surface area (Å²) in [6.07, 6.45) is 1.56. The van der Waals surface area contributed by atoms with Crippen molar-refractivity contribution in [2.75, 3.05) is 7.05 Å². The third kappa shape index (κ3) is 4.58. The Labute approximate surface area is 140 Å². The van der Waals surface area contributed by atoms with Gasteiger partial charge in [-0.3, -0.25) is 0 Å². The summed E-state index contributed by atoms with van der Waals surface area (Å²) in [6, 6.07) is 14.2. The molecule has 0 heterocycles. The Morgan fingerprint density at radius 1 is 1.09 bits per heavy atom. The molecule has 0 aliphatic carbocycles. The van der Waals surface area contributed by atoms with E-state index < -0.39 is 10.0 Å². The van der Waals surface area contributed by atoms with Crippen molar-refractivity contribution in [3.05, 3.63) is 75.1 Å². The SMILES string of the molecule is CN(Cc1ccc(Cl)cc1Cl)S(=O)(=O)/C=C/c1ccccc1. The quantitative estimate of drug-likeness (QED) is 0.795. The van der Waals surface area contributed by atoms with Crippen molar-refractivity contribution in [1.29, 1.82) is 0 Å². The van der Waals surface area contributed by atoms with Gasteiger partial charge in [0, 0.05) is 29.0 Å². The highest BCUT2D eigenvalue weighted by molar-refractivity contribution is 7.92. The molecule has 0 aromatic heterocycles. The molecule has 2 aromatic carbocycles. The molecule has 22 heavy (non-hydrogen) atoms. The first-order chi connectivity index (χ1) is 10.4. The predicted octanol–water partition coefficient (Wildman–Crippen LogP) is 4.43. The minimum atomic E-state index is -3.52. The van der Waals surface area contributed by atoms with Gasteiger partial charge in [-0.15, -0.1) is 0 Å². The van der Waals surface area contributed by atoms with Crippen LogP contribution in [0.3, 0.4) is 0 Å². The van der Waals surface area contributed by atoms with Crippen LogP contribution in [0.15, 0.2) is 53.9 Å². The third-order valence-corrected chi connectivity index (χ3v) is 5.14. The van der Waals surface area contributed by atoms with Crippen LogP contribution in [0.1, 0.15) is 11.1 Å². The molecule has 0 bridgehead atoms. The Morgan fingerprint density at radius 2 is 1.77 bits per heavy atom. The van der Waals surface area contributed by atoms with E-state index >= 15 is 0 Å². The summed E-state index contributed by atoms with van der Waals surface area (Å²) in [7, 11) is -2.01. The monoisotopic (exact) mass is 355 g/mol. The molecule has 0 unspecified atom stereocenters. The van der Waals surface area contributed by atoms with Crippen molar-refractivity contribution in [2.24, 2.45) is 0 Å². The predicted molar refractivity (Wildman–Crippen MR) is 92.3 cm³/mol. The van der Waals surface area contributed by atoms with Crippen LogP contribution in [-0.4, -0.2) is 19.8 Å². The molecule has 2 aromatic rings. The number of halogens is 2. The Balaban J connectivity index is 2.13. The lowest BCUT2D eigenvalue weighted by Gasteiger charge is -2.15. The number of hydrogen-bond acceptors (Lipinski definition) is 2. The molecule has 0 spiro atoms. The highest BCUT2D eigenvalue weighted by atomic mass is 35.5. The molecule has 0 aliphatic heterocycles. The Kier molecular flexibility index (Phi) is 5.64. The van der Waals surface area contributed by atoms with E-state index in [1.165, 1.54) is 16.8 Å². The zero-order valence-corrected chi connectivity index (χ0v) is 14.2. The summed E-state index contributed by atoms with van der Waals surface area (Å²) >= 11 is 11.9. The summed E-state index contributed by atoms with van der Waals surface area (Å²) in [6.45, 7) is 0.178. The Morgan fingerprint density at radius 3 is 2.41 bits per heavy atom. The summed E-state index contributed by atoms with van der Waals surface area (Å²) in [5, 5.41) is 2.15. The lowest BCUT2D eigenvalue weighted by atomic mass is 10.2. The van der Waals surface area contributed by atoms with Gasteiger partial charge in [-0.25, -0.2) is 8.42 Å². The van der Waals surface area contributed by atoms with E-state index in [1.54, 1.807) is 24.3 Å². The zero-order chi connectivity index (χ0) is 16.2. The fourth-order valence-electron chi connectivity index (χ4n) is 1.81. The summed E-state index contributed by atoms with van der Waals surface area (Å²) < 4.78 is 25.8. The van der Waals surface area contributed by atoms with Crippen LogP contribution in [0, 0.1) is 0 Å². The zero-order valence-electron chi connectivity index (χ0n) is 11.9. The molecular formula is C16H15Cl2NO2S. The van der Waals surface area contributed by atoms with E-state index in [4.69, 9.17) is 23.2 Å². The number of rotatable bonds is 5. The van der Waals surface area contributed by atoms with E-state index in [9.17, 15) is 8.42 Å². The summed E-state index contributed by atoms with van der Waals surface area (Å²) in [4.78, 5) is 0. The van der Waals surface area contributed by atoms with Crippen LogP contribution in [0.5, 0.6) is 0 Å². The van der Waals surface area contributed by atoms with Crippen molar-refractivity contribution in [1.82, 2.24) is 4.31 Å². The second-order valence-corrected chi connectivity index (χ2v) is 7.52. The summed E-state index contributed by atoms with van der Waals surface area (Å²) in [5.74, 6) is 0. The van der Waals surface area contributed by atoms with Crippen LogP contribution >= 0.6 is 23.2 Å². The van der Waals surface area contributed by atoms with E-state index in [2.05, 4.69) is 0 Å². The highest BCUT2D eigenvalue weighted by Gasteiger charge is 2.16. The van der Waals surface area contributed by atoms with Gasteiger partial charge in [-0.1, -0.05) is 59.6 Å². The van der Waals surface area contributed by atoms with Crippen molar-refractivity contribution >= 4 is 39.3 Å². The fourth-order valence-corrected chi connectivity index (χ4v) is 3.14. The molecule has 0 amide bonds. The first-order valence-corrected chi connectivity index (χ1v) is 8.78. The van der Waals surface area contributed by atoms with E-state index in [1.807, 2.05) is 30.3 Å². The van der Waals surface area contributed by atoms with Crippen molar-refractivity contribution < 1.29 is 8.42 Å². The fraction of sp³-hybridized carbons (Fsp3) is 0.125. The van der Waals surface area contributed by atoms with Crippen LogP contribution in [0.4, 0.5) is 0 Å². The van der Waals surface area contributed by atoms with Gasteiger partial charge in [0.05, 0.1) is 0 Å². The van der Waals surface area contributed by atoms with Crippen LogP contribution in [-0.2, 0) is 16.6 Å². The molecule has 0 aliphatic rings. The normalized spacial score (nSPS) is 12.2. The van der Waals surface area contributed by atoms with Gasteiger partial charge in [-0.2, -0.15) is 4.31 Å². The number of hydrogen-bond donors (Lipinski definition) is 0. The van der Waals surface area contributed by atoms with E-state index in [-0.39, 0.29) is 6.54 Å². The third-order valence-electron chi connectivity index (χ3n) is 3.07. The van der Waals surface area contributed by atoms with Crippen LogP contribution in [0.25, 0.3) is 6.08 Å². The lowest BCUT2D eigenvalue weighted by Crippen LogP contribution is -2.24. The molecule has 3 nitrogen and oxygen atoms in total. The second-order valence-electron chi connectivity index (χ2n) is 4.75. The van der Waals surface area contributed by atoms with Gasteiger partial charge in [0.15, 0.2) is 0 Å². The van der Waals surface area contributed by atoms with Gasteiger partial charge in [-0.05, 0) is 29.3 Å². The Bertz CT molecular complexity index is 774. The first kappa shape index (κ1) is 17.0. The average molecular weight is 356 g/mol. The van der Waals surface area contributed by atoms with Crippen molar-refractivity contribution in [2.45, 2.75) is 6.54 Å². The van der Waals surface area contributed by atoms with Gasteiger partial charge < -0.3 is 0 Å². The number of benzene rings is 2. The van der Waals surface area contributed by atoms with Gasteiger partial charge in [0.25, 0.3) is 0 Å². The van der Waals surface area contributed by atoms with Crippen LogP contribution in [0.2, 0.25) is 10.0 Å². The van der Waals surface area contributed by atoms with Crippen molar-refractivity contribution in [3.8, 4) is 0 Å². The summed E-state index contributed by atoms with van der Waals surface area (Å²) in [5.41, 5.74) is 1.52. The standard InChI is InChI=1S/C16H15Cl2NO2S/c1-19(12-14-7-8-15(17)11-16(14)18)22(20,21)10-9-13-5-3-2-4-6-13/h2-11H,12H2,1H3/b10-9+. The van der Waals surface area contributed by atoms with Gasteiger partial charge >= 0.3 is 0 Å². The molecule has 0 N–H and O–H groups in total. The lowest BCUT2D eigenvalue weighted by molar-refractivity contribution is 0.475. The minimum Gasteiger partial charge on any atom is -0.208 e. The van der Waals surface area contributed by atoms with Gasteiger partial charge in [0.1, 0.15) is 0 Å². The average Bonchev–Trinajstić information content (AvgIpc) is 2.49. The van der Waals surface area contributed by atoms with Crippen molar-refractivity contribution in [3.63, 3.8) is 0 Å². The van der Waals surface area contributed by atoms with Crippen LogP contribution < -0.4 is 0 Å². The van der Waals surface area contributed by atoms with E-state index in [0.717, 1.165) is 5.56 Å². The van der Waals surface area contributed by atoms with E-state index in [0.29, 0.717) is 15.6 Å². The highest BCUT2D eigenvalue weighted by Crippen LogP contribution is 2.23. The minimum absolute atomic E-state index is 0.178. The smallest absolute Gasteiger partial charge is 0.208 e. The Hall–Kier alpha value is -1.33. The molecule has 0 radical (unpaired) electrons. The second kappa shape index (κ2) is 7.29. The molecule has 0 atom stereocenters. The topological polar surface area (TPSA) is 37.4 Å². The first-order valence-electron chi connectivity index (χ1n) is 6.52. The molecular weight excluding hydrogens is 341 g/mol. The molecule has 6 heteroatoms. The molecule has 0 saturated heterocycles. The number of sulfonamides is 1. The van der Waals surface area contributed by atoms with Gasteiger partial charge in [0.2, 0.25) is 10.0 Å². The number of nitrogens with zero attached hydrogens (tertiary/aromatic N) is 1. The maximum Gasteiger partial charge on any atom is 0.236 e. The molecule has 2 rings (SSSR count). The largest absolute Gasteiger partial charge is 0.236 e. The molecule has 116 valence electrons. The molecule has 0 saturated carbocycles.